The second-order valence-corrected chi connectivity index (χ2v) is 9.78. The van der Waals surface area contributed by atoms with Gasteiger partial charge in [0.05, 0.1) is 19.4 Å². The zero-order valence-corrected chi connectivity index (χ0v) is 21.3. The van der Waals surface area contributed by atoms with Crippen LogP contribution >= 0.6 is 0 Å². The van der Waals surface area contributed by atoms with Gasteiger partial charge in [0, 0.05) is 45.6 Å². The van der Waals surface area contributed by atoms with E-state index in [0.717, 1.165) is 5.69 Å². The van der Waals surface area contributed by atoms with Crippen molar-refractivity contribution >= 4 is 27.6 Å². The summed E-state index contributed by atoms with van der Waals surface area (Å²) in [4.78, 5) is 24.4. The lowest BCUT2D eigenvalue weighted by molar-refractivity contribution is -0.148. The predicted octanol–water partition coefficient (Wildman–Crippen LogP) is 2.50. The maximum Gasteiger partial charge on any atom is 0.305 e. The van der Waals surface area contributed by atoms with Crippen molar-refractivity contribution in [1.29, 1.82) is 0 Å². The van der Waals surface area contributed by atoms with Crippen LogP contribution in [0.4, 0.5) is 5.69 Å². The molecule has 0 fully saturated rings. The van der Waals surface area contributed by atoms with Crippen LogP contribution in [0.2, 0.25) is 0 Å². The number of hydrogen-bond donors (Lipinski definition) is 1. The SMILES string of the molecule is COC(=O)CCCC#CCNS(=O)(=O)CCCCC(COc1cccc(N(C)C)c1)OC(C)=O. The van der Waals surface area contributed by atoms with Gasteiger partial charge in [-0.1, -0.05) is 12.0 Å². The van der Waals surface area contributed by atoms with Crippen LogP contribution in [0.5, 0.6) is 5.75 Å². The Balaban J connectivity index is 2.37. The molecule has 0 saturated heterocycles. The zero-order valence-electron chi connectivity index (χ0n) is 20.5. The molecule has 34 heavy (non-hydrogen) atoms. The van der Waals surface area contributed by atoms with Crippen molar-refractivity contribution < 1.29 is 32.2 Å². The summed E-state index contributed by atoms with van der Waals surface area (Å²) in [6, 6.07) is 7.57. The van der Waals surface area contributed by atoms with Crippen molar-refractivity contribution in [2.45, 2.75) is 51.6 Å². The van der Waals surface area contributed by atoms with Gasteiger partial charge >= 0.3 is 11.9 Å². The molecule has 190 valence electrons. The lowest BCUT2D eigenvalue weighted by Gasteiger charge is -2.19. The summed E-state index contributed by atoms with van der Waals surface area (Å²) >= 11 is 0. The molecule has 1 atom stereocenters. The topological polar surface area (TPSA) is 111 Å². The van der Waals surface area contributed by atoms with E-state index in [1.165, 1.54) is 14.0 Å². The molecule has 1 aromatic rings. The minimum atomic E-state index is -3.45. The van der Waals surface area contributed by atoms with E-state index >= 15 is 0 Å². The largest absolute Gasteiger partial charge is 0.490 e. The third-order valence-corrected chi connectivity index (χ3v) is 6.12. The molecule has 1 unspecified atom stereocenters. The smallest absolute Gasteiger partial charge is 0.305 e. The summed E-state index contributed by atoms with van der Waals surface area (Å²) < 4.78 is 42.3. The summed E-state index contributed by atoms with van der Waals surface area (Å²) in [5.41, 5.74) is 0.991. The van der Waals surface area contributed by atoms with Crippen LogP contribution in [0.25, 0.3) is 0 Å². The predicted molar refractivity (Wildman–Crippen MR) is 131 cm³/mol. The van der Waals surface area contributed by atoms with Gasteiger partial charge in [0.1, 0.15) is 18.5 Å². The number of hydrogen-bond acceptors (Lipinski definition) is 8. The maximum atomic E-state index is 12.1. The maximum absolute atomic E-state index is 12.1. The molecule has 0 radical (unpaired) electrons. The van der Waals surface area contributed by atoms with Gasteiger partial charge in [-0.15, -0.1) is 5.92 Å². The van der Waals surface area contributed by atoms with Crippen LogP contribution in [-0.2, 0) is 29.1 Å². The number of methoxy groups -OCH3 is 1. The fraction of sp³-hybridized carbons (Fsp3) is 0.583. The van der Waals surface area contributed by atoms with E-state index in [1.807, 2.05) is 43.3 Å². The Bertz CT molecular complexity index is 936. The van der Waals surface area contributed by atoms with Crippen LogP contribution in [0.3, 0.4) is 0 Å². The average molecular weight is 497 g/mol. The highest BCUT2D eigenvalue weighted by Gasteiger charge is 2.15. The number of carbonyl (C=O) groups excluding carboxylic acids is 2. The molecule has 0 bridgehead atoms. The molecule has 1 aromatic carbocycles. The Morgan fingerprint density at radius 1 is 1.15 bits per heavy atom. The highest BCUT2D eigenvalue weighted by molar-refractivity contribution is 7.89. The number of nitrogens with zero attached hydrogens (tertiary/aromatic N) is 1. The van der Waals surface area contributed by atoms with Crippen LogP contribution in [0, 0.1) is 11.8 Å². The second kappa shape index (κ2) is 16.0. The van der Waals surface area contributed by atoms with E-state index in [9.17, 15) is 18.0 Å². The molecule has 0 aromatic heterocycles. The number of anilines is 1. The molecule has 10 heteroatoms. The molecule has 0 aliphatic carbocycles. The summed E-state index contributed by atoms with van der Waals surface area (Å²) in [6.07, 6.45) is 2.35. The van der Waals surface area contributed by atoms with Crippen molar-refractivity contribution in [3.63, 3.8) is 0 Å². The third kappa shape index (κ3) is 13.7. The summed E-state index contributed by atoms with van der Waals surface area (Å²) in [5.74, 6) is 5.49. The molecule has 0 spiro atoms. The van der Waals surface area contributed by atoms with E-state index in [-0.39, 0.29) is 24.9 Å². The van der Waals surface area contributed by atoms with E-state index in [1.54, 1.807) is 0 Å². The van der Waals surface area contributed by atoms with Gasteiger partial charge in [-0.05, 0) is 37.8 Å². The molecule has 0 aliphatic heterocycles. The number of nitrogens with one attached hydrogen (secondary N) is 1. The minimum Gasteiger partial charge on any atom is -0.490 e. The highest BCUT2D eigenvalue weighted by atomic mass is 32.2. The van der Waals surface area contributed by atoms with Crippen molar-refractivity contribution in [1.82, 2.24) is 4.72 Å². The Morgan fingerprint density at radius 2 is 1.91 bits per heavy atom. The van der Waals surface area contributed by atoms with Crippen LogP contribution < -0.4 is 14.4 Å². The van der Waals surface area contributed by atoms with Gasteiger partial charge in [-0.3, -0.25) is 9.59 Å². The van der Waals surface area contributed by atoms with Crippen molar-refractivity contribution in [3.05, 3.63) is 24.3 Å². The quantitative estimate of drug-likeness (QED) is 0.224. The Morgan fingerprint density at radius 3 is 2.59 bits per heavy atom. The van der Waals surface area contributed by atoms with Gasteiger partial charge in [0.25, 0.3) is 0 Å². The molecular weight excluding hydrogens is 460 g/mol. The Labute approximate surface area is 203 Å². The molecule has 0 aliphatic rings. The number of unbranched alkanes of at least 4 members (excludes halogenated alkanes) is 2. The fourth-order valence-electron chi connectivity index (χ4n) is 2.91. The highest BCUT2D eigenvalue weighted by Crippen LogP contribution is 2.20. The fourth-order valence-corrected chi connectivity index (χ4v) is 3.93. The molecule has 0 heterocycles. The van der Waals surface area contributed by atoms with Crippen molar-refractivity contribution in [2.24, 2.45) is 0 Å². The van der Waals surface area contributed by atoms with Crippen LogP contribution in [0.1, 0.15) is 45.4 Å². The first-order chi connectivity index (χ1) is 16.1. The lowest BCUT2D eigenvalue weighted by atomic mass is 10.2. The van der Waals surface area contributed by atoms with E-state index in [2.05, 4.69) is 21.3 Å². The molecule has 9 nitrogen and oxygen atoms in total. The van der Waals surface area contributed by atoms with Gasteiger partial charge in [0.15, 0.2) is 0 Å². The average Bonchev–Trinajstić information content (AvgIpc) is 2.79. The zero-order chi connectivity index (χ0) is 25.4. The van der Waals surface area contributed by atoms with Crippen LogP contribution in [-0.4, -0.2) is 66.6 Å². The summed E-state index contributed by atoms with van der Waals surface area (Å²) in [5, 5.41) is 0. The normalized spacial score (nSPS) is 11.6. The molecule has 0 amide bonds. The second-order valence-electron chi connectivity index (χ2n) is 7.85. The molecule has 1 rings (SSSR count). The first-order valence-electron chi connectivity index (χ1n) is 11.2. The standard InChI is InChI=1S/C24H36N2O7S/c1-20(27)33-23(19-32-22-14-11-12-21(18-22)26(2)3)13-8-10-17-34(29,30)25-16-9-6-5-7-15-24(28)31-4/h11-12,14,18,23,25H,5,7-8,10,13,15-17,19H2,1-4H3. The van der Waals surface area contributed by atoms with Gasteiger partial charge < -0.3 is 19.1 Å². The number of esters is 2. The van der Waals surface area contributed by atoms with Gasteiger partial charge in [-0.25, -0.2) is 13.1 Å². The minimum absolute atomic E-state index is 0.0243. The number of carbonyl (C=O) groups is 2. The molecular formula is C24H36N2O7S. The number of rotatable bonds is 15. The van der Waals surface area contributed by atoms with Gasteiger partial charge in [-0.2, -0.15) is 0 Å². The Kier molecular flexibility index (Phi) is 13.7. The van der Waals surface area contributed by atoms with Crippen molar-refractivity contribution in [2.75, 3.05) is 45.0 Å². The van der Waals surface area contributed by atoms with E-state index in [0.29, 0.717) is 44.3 Å². The number of ether oxygens (including phenoxy) is 3. The van der Waals surface area contributed by atoms with E-state index in [4.69, 9.17) is 9.47 Å². The molecule has 0 saturated carbocycles. The third-order valence-electron chi connectivity index (χ3n) is 4.71. The Hall–Kier alpha value is -2.77. The monoisotopic (exact) mass is 496 g/mol. The first kappa shape index (κ1) is 29.3. The summed E-state index contributed by atoms with van der Waals surface area (Å²) in [7, 11) is 1.75. The number of benzene rings is 1. The van der Waals surface area contributed by atoms with Crippen LogP contribution in [0.15, 0.2) is 24.3 Å². The lowest BCUT2D eigenvalue weighted by Crippen LogP contribution is -2.27. The first-order valence-corrected chi connectivity index (χ1v) is 12.9. The summed E-state index contributed by atoms with van der Waals surface area (Å²) in [6.45, 7) is 1.55. The van der Waals surface area contributed by atoms with Gasteiger partial charge in [0.2, 0.25) is 10.0 Å². The van der Waals surface area contributed by atoms with Crippen molar-refractivity contribution in [3.8, 4) is 17.6 Å². The molecule has 1 N–H and O–H groups in total. The van der Waals surface area contributed by atoms with E-state index < -0.39 is 22.1 Å². The number of sulfonamides is 1.